The van der Waals surface area contributed by atoms with Crippen molar-refractivity contribution in [3.63, 3.8) is 0 Å². The van der Waals surface area contributed by atoms with Crippen LogP contribution in [-0.2, 0) is 28.0 Å². The van der Waals surface area contributed by atoms with E-state index in [9.17, 15) is 17.6 Å². The molecular formula is C20H24FNO4S. The fourth-order valence-corrected chi connectivity index (χ4v) is 3.01. The average Bonchev–Trinajstić information content (AvgIpc) is 2.62. The Morgan fingerprint density at radius 3 is 1.96 bits per heavy atom. The number of hydrogen-bond acceptors (Lipinski definition) is 4. The van der Waals surface area contributed by atoms with Crippen LogP contribution < -0.4 is 4.18 Å². The maximum Gasteiger partial charge on any atom is 0.306 e. The third-order valence-electron chi connectivity index (χ3n) is 4.18. The molecule has 0 aliphatic heterocycles. The van der Waals surface area contributed by atoms with E-state index in [-0.39, 0.29) is 23.4 Å². The average molecular weight is 393 g/mol. The molecular weight excluding hydrogens is 369 g/mol. The summed E-state index contributed by atoms with van der Waals surface area (Å²) in [5, 5.41) is 0. The highest BCUT2D eigenvalue weighted by Crippen LogP contribution is 2.19. The number of carbonyl (C=O) groups excluding carboxylic acids is 1. The van der Waals surface area contributed by atoms with Crippen LogP contribution >= 0.6 is 0 Å². The van der Waals surface area contributed by atoms with Crippen LogP contribution in [0.5, 0.6) is 5.75 Å². The summed E-state index contributed by atoms with van der Waals surface area (Å²) >= 11 is 0. The SMILES string of the molecule is CC[C@@H](C)C(=O)N(Cc1ccc(F)cc1)Cc1ccc(OS(C)(=O)=O)cc1. The van der Waals surface area contributed by atoms with Crippen molar-refractivity contribution >= 4 is 16.0 Å². The lowest BCUT2D eigenvalue weighted by Gasteiger charge is -2.26. The zero-order valence-electron chi connectivity index (χ0n) is 15.7. The Morgan fingerprint density at radius 1 is 1.04 bits per heavy atom. The summed E-state index contributed by atoms with van der Waals surface area (Å²) in [6, 6.07) is 12.6. The molecule has 7 heteroatoms. The lowest BCUT2D eigenvalue weighted by atomic mass is 10.1. The highest BCUT2D eigenvalue weighted by molar-refractivity contribution is 7.86. The molecule has 0 radical (unpaired) electrons. The Bertz CT molecular complexity index is 864. The number of amides is 1. The van der Waals surface area contributed by atoms with E-state index in [1.54, 1.807) is 41.3 Å². The summed E-state index contributed by atoms with van der Waals surface area (Å²) in [6.07, 6.45) is 1.70. The topological polar surface area (TPSA) is 63.7 Å². The van der Waals surface area contributed by atoms with E-state index in [4.69, 9.17) is 4.18 Å². The number of hydrogen-bond donors (Lipinski definition) is 0. The number of nitrogens with zero attached hydrogens (tertiary/aromatic N) is 1. The van der Waals surface area contributed by atoms with E-state index >= 15 is 0 Å². The van der Waals surface area contributed by atoms with E-state index in [2.05, 4.69) is 0 Å². The van der Waals surface area contributed by atoms with E-state index in [1.807, 2.05) is 13.8 Å². The van der Waals surface area contributed by atoms with Crippen molar-refractivity contribution < 1.29 is 21.8 Å². The first kappa shape index (κ1) is 20.9. The van der Waals surface area contributed by atoms with Crippen LogP contribution in [0.1, 0.15) is 31.4 Å². The van der Waals surface area contributed by atoms with Crippen molar-refractivity contribution in [2.75, 3.05) is 6.26 Å². The van der Waals surface area contributed by atoms with Gasteiger partial charge in [0, 0.05) is 19.0 Å². The summed E-state index contributed by atoms with van der Waals surface area (Å²) in [5.41, 5.74) is 1.68. The van der Waals surface area contributed by atoms with Gasteiger partial charge in [0.25, 0.3) is 0 Å². The molecule has 1 atom stereocenters. The molecule has 0 aromatic heterocycles. The summed E-state index contributed by atoms with van der Waals surface area (Å²) in [4.78, 5) is 14.5. The van der Waals surface area contributed by atoms with Crippen molar-refractivity contribution in [1.82, 2.24) is 4.90 Å². The second kappa shape index (κ2) is 8.99. The van der Waals surface area contributed by atoms with E-state index in [0.717, 1.165) is 23.8 Å². The molecule has 0 saturated heterocycles. The zero-order valence-corrected chi connectivity index (χ0v) is 16.5. The van der Waals surface area contributed by atoms with Crippen molar-refractivity contribution in [2.45, 2.75) is 33.4 Å². The van der Waals surface area contributed by atoms with E-state index < -0.39 is 10.1 Å². The molecule has 0 N–H and O–H groups in total. The largest absolute Gasteiger partial charge is 0.383 e. The molecule has 27 heavy (non-hydrogen) atoms. The minimum atomic E-state index is -3.58. The smallest absolute Gasteiger partial charge is 0.306 e. The van der Waals surface area contributed by atoms with Gasteiger partial charge in [-0.15, -0.1) is 0 Å². The summed E-state index contributed by atoms with van der Waals surface area (Å²) in [5.74, 6) is -0.212. The minimum Gasteiger partial charge on any atom is -0.383 e. The fraction of sp³-hybridized carbons (Fsp3) is 0.350. The van der Waals surface area contributed by atoms with Gasteiger partial charge in [0.2, 0.25) is 5.91 Å². The van der Waals surface area contributed by atoms with Gasteiger partial charge in [-0.2, -0.15) is 8.42 Å². The van der Waals surface area contributed by atoms with Gasteiger partial charge >= 0.3 is 10.1 Å². The molecule has 0 spiro atoms. The Hall–Kier alpha value is -2.41. The Balaban J connectivity index is 2.17. The molecule has 0 aliphatic carbocycles. The standard InChI is InChI=1S/C20H24FNO4S/c1-4-15(2)20(23)22(13-16-5-9-18(21)10-6-16)14-17-7-11-19(12-8-17)26-27(3,24)25/h5-12,15H,4,13-14H2,1-3H3/t15-/m1/s1. The Kier molecular flexibility index (Phi) is 6.96. The normalized spacial score (nSPS) is 12.4. The first-order valence-corrected chi connectivity index (χ1v) is 10.5. The number of benzene rings is 2. The summed E-state index contributed by atoms with van der Waals surface area (Å²) in [6.45, 7) is 4.56. The highest BCUT2D eigenvalue weighted by Gasteiger charge is 2.20. The third-order valence-corrected chi connectivity index (χ3v) is 4.67. The lowest BCUT2D eigenvalue weighted by Crippen LogP contribution is -2.34. The van der Waals surface area contributed by atoms with Crippen molar-refractivity contribution in [2.24, 2.45) is 5.92 Å². The summed E-state index contributed by atoms with van der Waals surface area (Å²) in [7, 11) is -3.58. The molecule has 0 aliphatic rings. The number of halogens is 1. The van der Waals surface area contributed by atoms with Gasteiger partial charge < -0.3 is 9.08 Å². The van der Waals surface area contributed by atoms with Crippen LogP contribution in [0.4, 0.5) is 4.39 Å². The molecule has 146 valence electrons. The van der Waals surface area contributed by atoms with Gasteiger partial charge in [-0.25, -0.2) is 4.39 Å². The molecule has 2 rings (SSSR count). The highest BCUT2D eigenvalue weighted by atomic mass is 32.2. The molecule has 2 aromatic carbocycles. The van der Waals surface area contributed by atoms with Crippen molar-refractivity contribution in [3.05, 3.63) is 65.5 Å². The first-order valence-electron chi connectivity index (χ1n) is 8.69. The molecule has 0 heterocycles. The van der Waals surface area contributed by atoms with Crippen LogP contribution in [0.25, 0.3) is 0 Å². The van der Waals surface area contributed by atoms with Gasteiger partial charge in [0.15, 0.2) is 0 Å². The molecule has 5 nitrogen and oxygen atoms in total. The van der Waals surface area contributed by atoms with E-state index in [1.165, 1.54) is 12.1 Å². The summed E-state index contributed by atoms with van der Waals surface area (Å²) < 4.78 is 40.3. The maximum atomic E-state index is 13.1. The molecule has 2 aromatic rings. The second-order valence-electron chi connectivity index (χ2n) is 6.56. The molecule has 0 unspecified atom stereocenters. The van der Waals surface area contributed by atoms with Crippen LogP contribution in [-0.4, -0.2) is 25.5 Å². The third kappa shape index (κ3) is 6.67. The number of carbonyl (C=O) groups is 1. The van der Waals surface area contributed by atoms with Gasteiger partial charge in [0.05, 0.1) is 6.26 Å². The molecule has 0 bridgehead atoms. The number of rotatable bonds is 8. The zero-order chi connectivity index (χ0) is 20.0. The van der Waals surface area contributed by atoms with Crippen LogP contribution in [0.3, 0.4) is 0 Å². The quantitative estimate of drug-likeness (QED) is 0.641. The second-order valence-corrected chi connectivity index (χ2v) is 8.14. The van der Waals surface area contributed by atoms with Gasteiger partial charge in [-0.05, 0) is 41.8 Å². The fourth-order valence-electron chi connectivity index (χ4n) is 2.55. The first-order chi connectivity index (χ1) is 12.7. The predicted octanol–water partition coefficient (Wildman–Crippen LogP) is 3.74. The predicted molar refractivity (Wildman–Crippen MR) is 102 cm³/mol. The van der Waals surface area contributed by atoms with Gasteiger partial charge in [-0.1, -0.05) is 38.1 Å². The van der Waals surface area contributed by atoms with Gasteiger partial charge in [0.1, 0.15) is 11.6 Å². The Morgan fingerprint density at radius 2 is 1.52 bits per heavy atom. The lowest BCUT2D eigenvalue weighted by molar-refractivity contribution is -0.136. The monoisotopic (exact) mass is 393 g/mol. The molecule has 1 amide bonds. The molecule has 0 fully saturated rings. The maximum absolute atomic E-state index is 13.1. The Labute approximate surface area is 159 Å². The molecule has 0 saturated carbocycles. The van der Waals surface area contributed by atoms with Crippen molar-refractivity contribution in [3.8, 4) is 5.75 Å². The van der Waals surface area contributed by atoms with Crippen LogP contribution in [0.2, 0.25) is 0 Å². The minimum absolute atomic E-state index is 0.0123. The van der Waals surface area contributed by atoms with Crippen molar-refractivity contribution in [1.29, 1.82) is 0 Å². The van der Waals surface area contributed by atoms with Gasteiger partial charge in [-0.3, -0.25) is 4.79 Å². The van der Waals surface area contributed by atoms with E-state index in [0.29, 0.717) is 13.1 Å². The van der Waals surface area contributed by atoms with Crippen LogP contribution in [0, 0.1) is 11.7 Å². The van der Waals surface area contributed by atoms with Crippen LogP contribution in [0.15, 0.2) is 48.5 Å².